The van der Waals surface area contributed by atoms with Gasteiger partial charge in [-0.3, -0.25) is 0 Å². The molecule has 1 fully saturated rings. The standard InChI is InChI=1S/C8H13N3/c1-3-7-9-6-11(10-7)8(2)4-5-8/h6H,3-5H2,1-2H3. The normalized spacial score (nSPS) is 20.2. The SMILES string of the molecule is CCc1ncn(C2(C)CC2)n1. The first-order chi connectivity index (χ1) is 5.24. The van der Waals surface area contributed by atoms with Crippen LogP contribution >= 0.6 is 0 Å². The van der Waals surface area contributed by atoms with Crippen molar-refractivity contribution in [3.05, 3.63) is 12.2 Å². The topological polar surface area (TPSA) is 30.7 Å². The fraction of sp³-hybridized carbons (Fsp3) is 0.750. The van der Waals surface area contributed by atoms with E-state index in [4.69, 9.17) is 0 Å². The average Bonchev–Trinajstić information content (AvgIpc) is 2.61. The summed E-state index contributed by atoms with van der Waals surface area (Å²) in [6.07, 6.45) is 5.29. The van der Waals surface area contributed by atoms with Gasteiger partial charge in [-0.2, -0.15) is 5.10 Å². The van der Waals surface area contributed by atoms with Crippen LogP contribution in [-0.2, 0) is 12.0 Å². The Morgan fingerprint density at radius 3 is 2.82 bits per heavy atom. The smallest absolute Gasteiger partial charge is 0.150 e. The lowest BCUT2D eigenvalue weighted by molar-refractivity contribution is 0.468. The van der Waals surface area contributed by atoms with Crippen molar-refractivity contribution < 1.29 is 0 Å². The van der Waals surface area contributed by atoms with Gasteiger partial charge in [-0.15, -0.1) is 0 Å². The molecule has 1 heterocycles. The first-order valence-corrected chi connectivity index (χ1v) is 4.15. The highest BCUT2D eigenvalue weighted by Gasteiger charge is 2.40. The van der Waals surface area contributed by atoms with Gasteiger partial charge in [0.15, 0.2) is 0 Å². The van der Waals surface area contributed by atoms with Crippen molar-refractivity contribution in [1.29, 1.82) is 0 Å². The first-order valence-electron chi connectivity index (χ1n) is 4.15. The molecule has 1 aromatic heterocycles. The Morgan fingerprint density at radius 2 is 2.36 bits per heavy atom. The average molecular weight is 151 g/mol. The van der Waals surface area contributed by atoms with E-state index in [0.717, 1.165) is 12.2 Å². The minimum absolute atomic E-state index is 0.306. The molecular formula is C8H13N3. The highest BCUT2D eigenvalue weighted by atomic mass is 15.4. The summed E-state index contributed by atoms with van der Waals surface area (Å²) in [5.41, 5.74) is 0.306. The third kappa shape index (κ3) is 1.04. The van der Waals surface area contributed by atoms with Crippen LogP contribution in [0.5, 0.6) is 0 Å². The van der Waals surface area contributed by atoms with E-state index in [-0.39, 0.29) is 0 Å². The lowest BCUT2D eigenvalue weighted by Crippen LogP contribution is -2.12. The summed E-state index contributed by atoms with van der Waals surface area (Å²) >= 11 is 0. The van der Waals surface area contributed by atoms with Gasteiger partial charge in [-0.05, 0) is 19.8 Å². The summed E-state index contributed by atoms with van der Waals surface area (Å²) in [5, 5.41) is 4.37. The highest BCUT2D eigenvalue weighted by molar-refractivity contribution is 4.96. The fourth-order valence-electron chi connectivity index (χ4n) is 1.13. The van der Waals surface area contributed by atoms with Gasteiger partial charge < -0.3 is 0 Å². The van der Waals surface area contributed by atoms with Crippen LogP contribution in [0.1, 0.15) is 32.5 Å². The van der Waals surface area contributed by atoms with Crippen molar-refractivity contribution in [3.8, 4) is 0 Å². The molecule has 0 bridgehead atoms. The van der Waals surface area contributed by atoms with Crippen LogP contribution in [0.4, 0.5) is 0 Å². The summed E-state index contributed by atoms with van der Waals surface area (Å²) in [4.78, 5) is 4.19. The van der Waals surface area contributed by atoms with Crippen molar-refractivity contribution in [3.63, 3.8) is 0 Å². The summed E-state index contributed by atoms with van der Waals surface area (Å²) in [7, 11) is 0. The van der Waals surface area contributed by atoms with Crippen molar-refractivity contribution in [2.75, 3.05) is 0 Å². The Morgan fingerprint density at radius 1 is 1.64 bits per heavy atom. The van der Waals surface area contributed by atoms with Gasteiger partial charge in [-0.25, -0.2) is 9.67 Å². The second-order valence-electron chi connectivity index (χ2n) is 3.46. The Balaban J connectivity index is 2.25. The molecule has 0 N–H and O–H groups in total. The largest absolute Gasteiger partial charge is 0.247 e. The zero-order valence-corrected chi connectivity index (χ0v) is 7.04. The van der Waals surface area contributed by atoms with Gasteiger partial charge in [0.05, 0.1) is 5.54 Å². The third-order valence-electron chi connectivity index (χ3n) is 2.38. The van der Waals surface area contributed by atoms with Crippen molar-refractivity contribution in [2.24, 2.45) is 0 Å². The highest BCUT2D eigenvalue weighted by Crippen LogP contribution is 2.41. The molecule has 1 aromatic rings. The number of hydrogen-bond donors (Lipinski definition) is 0. The van der Waals surface area contributed by atoms with Crippen molar-refractivity contribution >= 4 is 0 Å². The molecule has 0 spiro atoms. The van der Waals surface area contributed by atoms with Gasteiger partial charge >= 0.3 is 0 Å². The predicted molar refractivity (Wildman–Crippen MR) is 42.3 cm³/mol. The lowest BCUT2D eigenvalue weighted by atomic mass is 10.3. The van der Waals surface area contributed by atoms with Gasteiger partial charge in [0.2, 0.25) is 0 Å². The van der Waals surface area contributed by atoms with Gasteiger partial charge in [-0.1, -0.05) is 6.92 Å². The molecule has 1 saturated carbocycles. The number of nitrogens with zero attached hydrogens (tertiary/aromatic N) is 3. The van der Waals surface area contributed by atoms with Crippen molar-refractivity contribution in [1.82, 2.24) is 14.8 Å². The summed E-state index contributed by atoms with van der Waals surface area (Å²) < 4.78 is 2.01. The molecule has 0 aromatic carbocycles. The Kier molecular flexibility index (Phi) is 1.28. The third-order valence-corrected chi connectivity index (χ3v) is 2.38. The minimum Gasteiger partial charge on any atom is -0.247 e. The zero-order chi connectivity index (χ0) is 7.90. The molecule has 0 amide bonds. The molecule has 60 valence electrons. The molecule has 3 nitrogen and oxygen atoms in total. The summed E-state index contributed by atoms with van der Waals surface area (Å²) in [6.45, 7) is 4.30. The number of hydrogen-bond acceptors (Lipinski definition) is 2. The molecule has 1 aliphatic rings. The van der Waals surface area contributed by atoms with Crippen LogP contribution in [-0.4, -0.2) is 14.8 Å². The van der Waals surface area contributed by atoms with Gasteiger partial charge in [0.1, 0.15) is 12.2 Å². The number of rotatable bonds is 2. The van der Waals surface area contributed by atoms with E-state index >= 15 is 0 Å². The maximum atomic E-state index is 4.37. The van der Waals surface area contributed by atoms with Crippen LogP contribution in [0.15, 0.2) is 6.33 Å². The molecule has 0 saturated heterocycles. The van der Waals surface area contributed by atoms with Crippen LogP contribution in [0.3, 0.4) is 0 Å². The second-order valence-corrected chi connectivity index (χ2v) is 3.46. The quantitative estimate of drug-likeness (QED) is 0.638. The second kappa shape index (κ2) is 2.06. The van der Waals surface area contributed by atoms with Crippen LogP contribution in [0.25, 0.3) is 0 Å². The fourth-order valence-corrected chi connectivity index (χ4v) is 1.13. The number of aromatic nitrogens is 3. The van der Waals surface area contributed by atoms with E-state index in [9.17, 15) is 0 Å². The Bertz CT molecular complexity index is 260. The van der Waals surface area contributed by atoms with Gasteiger partial charge in [0.25, 0.3) is 0 Å². The predicted octanol–water partition coefficient (Wildman–Crippen LogP) is 1.35. The van der Waals surface area contributed by atoms with Crippen LogP contribution < -0.4 is 0 Å². The van der Waals surface area contributed by atoms with E-state index < -0.39 is 0 Å². The van der Waals surface area contributed by atoms with Crippen LogP contribution in [0, 0.1) is 0 Å². The molecule has 3 heteroatoms. The van der Waals surface area contributed by atoms with Crippen LogP contribution in [0.2, 0.25) is 0 Å². The van der Waals surface area contributed by atoms with E-state index in [1.54, 1.807) is 0 Å². The maximum Gasteiger partial charge on any atom is 0.150 e. The van der Waals surface area contributed by atoms with Crippen molar-refractivity contribution in [2.45, 2.75) is 38.6 Å². The van der Waals surface area contributed by atoms with E-state index in [1.807, 2.05) is 11.0 Å². The van der Waals surface area contributed by atoms with E-state index in [2.05, 4.69) is 23.9 Å². The summed E-state index contributed by atoms with van der Waals surface area (Å²) in [6, 6.07) is 0. The lowest BCUT2D eigenvalue weighted by Gasteiger charge is -2.05. The molecule has 0 atom stereocenters. The Labute approximate surface area is 66.4 Å². The van der Waals surface area contributed by atoms with Gasteiger partial charge in [0, 0.05) is 6.42 Å². The molecule has 0 radical (unpaired) electrons. The maximum absolute atomic E-state index is 4.37. The molecule has 0 aliphatic heterocycles. The molecule has 0 unspecified atom stereocenters. The monoisotopic (exact) mass is 151 g/mol. The number of aryl methyl sites for hydroxylation is 1. The van der Waals surface area contributed by atoms with E-state index in [1.165, 1.54) is 12.8 Å². The molecule has 1 aliphatic carbocycles. The molecule has 11 heavy (non-hydrogen) atoms. The zero-order valence-electron chi connectivity index (χ0n) is 7.04. The summed E-state index contributed by atoms with van der Waals surface area (Å²) in [5.74, 6) is 0.957. The first kappa shape index (κ1) is 6.83. The molecule has 2 rings (SSSR count). The Hall–Kier alpha value is -0.860. The van der Waals surface area contributed by atoms with E-state index in [0.29, 0.717) is 5.54 Å². The molecular weight excluding hydrogens is 138 g/mol. The minimum atomic E-state index is 0.306.